The summed E-state index contributed by atoms with van der Waals surface area (Å²) in [4.78, 5) is 17.2. The minimum atomic E-state index is 0.0310. The number of rotatable bonds is 5. The van der Waals surface area contributed by atoms with Gasteiger partial charge in [0.15, 0.2) is 0 Å². The number of carbonyl (C=O) groups is 1. The number of aryl methyl sites for hydroxylation is 1. The molecule has 0 bridgehead atoms. The summed E-state index contributed by atoms with van der Waals surface area (Å²) in [6.45, 7) is 4.29. The van der Waals surface area contributed by atoms with Crippen molar-refractivity contribution in [1.29, 1.82) is 0 Å². The Hall–Kier alpha value is -1.44. The van der Waals surface area contributed by atoms with Gasteiger partial charge in [0.05, 0.1) is 17.9 Å². The first-order valence-corrected chi connectivity index (χ1v) is 8.66. The number of piperazine rings is 1. The molecule has 7 nitrogen and oxygen atoms in total. The smallest absolute Gasteiger partial charge is 0.225 e. The molecule has 2 heterocycles. The second kappa shape index (κ2) is 7.63. The summed E-state index contributed by atoms with van der Waals surface area (Å²) in [5.74, 6) is 0.292. The van der Waals surface area contributed by atoms with E-state index < -0.39 is 0 Å². The van der Waals surface area contributed by atoms with Crippen LogP contribution in [0.3, 0.4) is 0 Å². The quantitative estimate of drug-likeness (QED) is 0.784. The first-order valence-electron chi connectivity index (χ1n) is 8.66. The zero-order chi connectivity index (χ0) is 17.1. The molecule has 1 amide bonds. The summed E-state index contributed by atoms with van der Waals surface area (Å²) in [6.07, 6.45) is 3.44. The molecule has 1 aromatic rings. The SMILES string of the molecule is CO[C@@H]1CC(C(=O)N2CCN(Cc3ccnn3C)CC2)C[C@H]1OC. The monoisotopic (exact) mass is 336 g/mol. The van der Waals surface area contributed by atoms with Crippen molar-refractivity contribution in [3.05, 3.63) is 18.0 Å². The number of nitrogens with zero attached hydrogens (tertiary/aromatic N) is 4. The van der Waals surface area contributed by atoms with Crippen molar-refractivity contribution in [2.75, 3.05) is 40.4 Å². The molecule has 7 heteroatoms. The molecule has 1 aliphatic carbocycles. The topological polar surface area (TPSA) is 59.8 Å². The van der Waals surface area contributed by atoms with E-state index in [4.69, 9.17) is 9.47 Å². The molecule has 134 valence electrons. The highest BCUT2D eigenvalue weighted by molar-refractivity contribution is 5.79. The molecule has 1 saturated carbocycles. The predicted molar refractivity (Wildman–Crippen MR) is 89.4 cm³/mol. The number of carbonyl (C=O) groups excluding carboxylic acids is 1. The number of methoxy groups -OCH3 is 2. The van der Waals surface area contributed by atoms with E-state index in [1.807, 2.05) is 28.9 Å². The van der Waals surface area contributed by atoms with Crippen LogP contribution < -0.4 is 0 Å². The maximum absolute atomic E-state index is 12.8. The highest BCUT2D eigenvalue weighted by Crippen LogP contribution is 2.31. The van der Waals surface area contributed by atoms with Crippen molar-refractivity contribution in [3.8, 4) is 0 Å². The van der Waals surface area contributed by atoms with Gasteiger partial charge >= 0.3 is 0 Å². The molecular weight excluding hydrogens is 308 g/mol. The summed E-state index contributed by atoms with van der Waals surface area (Å²) in [7, 11) is 5.36. The second-order valence-electron chi connectivity index (χ2n) is 6.76. The molecule has 1 aliphatic heterocycles. The lowest BCUT2D eigenvalue weighted by Gasteiger charge is -2.35. The Morgan fingerprint density at radius 1 is 1.17 bits per heavy atom. The average molecular weight is 336 g/mol. The summed E-state index contributed by atoms with van der Waals surface area (Å²) < 4.78 is 12.8. The zero-order valence-electron chi connectivity index (χ0n) is 14.9. The van der Waals surface area contributed by atoms with E-state index >= 15 is 0 Å². The van der Waals surface area contributed by atoms with Crippen molar-refractivity contribution >= 4 is 5.91 Å². The Morgan fingerprint density at radius 3 is 2.29 bits per heavy atom. The highest BCUT2D eigenvalue weighted by Gasteiger charge is 2.40. The van der Waals surface area contributed by atoms with Crippen LogP contribution in [0, 0.1) is 5.92 Å². The van der Waals surface area contributed by atoms with Crippen molar-refractivity contribution < 1.29 is 14.3 Å². The highest BCUT2D eigenvalue weighted by atomic mass is 16.5. The Kier molecular flexibility index (Phi) is 5.53. The van der Waals surface area contributed by atoms with Gasteiger partial charge in [-0.2, -0.15) is 5.10 Å². The molecule has 0 radical (unpaired) electrons. The van der Waals surface area contributed by atoms with Gasteiger partial charge in [-0.15, -0.1) is 0 Å². The van der Waals surface area contributed by atoms with Gasteiger partial charge in [-0.05, 0) is 18.9 Å². The molecule has 2 atom stereocenters. The van der Waals surface area contributed by atoms with E-state index in [-0.39, 0.29) is 24.0 Å². The Morgan fingerprint density at radius 2 is 1.79 bits per heavy atom. The first kappa shape index (κ1) is 17.4. The maximum Gasteiger partial charge on any atom is 0.225 e. The maximum atomic E-state index is 12.8. The van der Waals surface area contributed by atoms with Crippen LogP contribution in [0.2, 0.25) is 0 Å². The van der Waals surface area contributed by atoms with Gasteiger partial charge < -0.3 is 14.4 Å². The first-order chi connectivity index (χ1) is 11.6. The van der Waals surface area contributed by atoms with E-state index in [1.165, 1.54) is 5.69 Å². The summed E-state index contributed by atoms with van der Waals surface area (Å²) in [5, 5.41) is 4.21. The van der Waals surface area contributed by atoms with Crippen LogP contribution in [0.25, 0.3) is 0 Å². The van der Waals surface area contributed by atoms with E-state index in [9.17, 15) is 4.79 Å². The third-order valence-electron chi connectivity index (χ3n) is 5.40. The van der Waals surface area contributed by atoms with Crippen LogP contribution in [-0.2, 0) is 27.9 Å². The summed E-state index contributed by atoms with van der Waals surface area (Å²) in [6, 6.07) is 2.05. The van der Waals surface area contributed by atoms with Crippen LogP contribution in [0.1, 0.15) is 18.5 Å². The van der Waals surface area contributed by atoms with Crippen molar-refractivity contribution in [2.45, 2.75) is 31.6 Å². The lowest BCUT2D eigenvalue weighted by atomic mass is 10.1. The van der Waals surface area contributed by atoms with E-state index in [2.05, 4.69) is 10.00 Å². The number of aromatic nitrogens is 2. The number of ether oxygens (including phenoxy) is 2. The number of hydrogen-bond acceptors (Lipinski definition) is 5. The van der Waals surface area contributed by atoms with E-state index in [1.54, 1.807) is 14.2 Å². The van der Waals surface area contributed by atoms with Gasteiger partial charge in [0.2, 0.25) is 5.91 Å². The average Bonchev–Trinajstić information content (AvgIpc) is 3.21. The third-order valence-corrected chi connectivity index (χ3v) is 5.40. The van der Waals surface area contributed by atoms with Crippen LogP contribution >= 0.6 is 0 Å². The van der Waals surface area contributed by atoms with Crippen LogP contribution in [-0.4, -0.2) is 78.1 Å². The van der Waals surface area contributed by atoms with Crippen molar-refractivity contribution in [1.82, 2.24) is 19.6 Å². The van der Waals surface area contributed by atoms with Crippen LogP contribution in [0.15, 0.2) is 12.3 Å². The van der Waals surface area contributed by atoms with E-state index in [0.29, 0.717) is 0 Å². The number of amides is 1. The fourth-order valence-corrected chi connectivity index (χ4v) is 3.83. The van der Waals surface area contributed by atoms with Crippen molar-refractivity contribution in [3.63, 3.8) is 0 Å². The molecule has 1 saturated heterocycles. The second-order valence-corrected chi connectivity index (χ2v) is 6.76. The minimum Gasteiger partial charge on any atom is -0.379 e. The molecule has 1 aromatic heterocycles. The third kappa shape index (κ3) is 3.63. The molecular formula is C17H28N4O3. The van der Waals surface area contributed by atoms with E-state index in [0.717, 1.165) is 45.6 Å². The van der Waals surface area contributed by atoms with Crippen molar-refractivity contribution in [2.24, 2.45) is 13.0 Å². The minimum absolute atomic E-state index is 0.0310. The molecule has 3 rings (SSSR count). The molecule has 0 unspecified atom stereocenters. The van der Waals surface area contributed by atoms with Gasteiger partial charge in [-0.1, -0.05) is 0 Å². The zero-order valence-corrected chi connectivity index (χ0v) is 14.9. The Labute approximate surface area is 143 Å². The standard InChI is InChI=1S/C17H28N4O3/c1-19-14(4-5-18-19)12-20-6-8-21(9-7-20)17(22)13-10-15(23-2)16(11-13)24-3/h4-5,13,15-16H,6-12H2,1-3H3/t15-,16-/m1/s1. The Bertz CT molecular complexity index is 542. The number of hydrogen-bond donors (Lipinski definition) is 0. The fourth-order valence-electron chi connectivity index (χ4n) is 3.83. The summed E-state index contributed by atoms with van der Waals surface area (Å²) in [5.41, 5.74) is 1.21. The molecule has 2 fully saturated rings. The van der Waals surface area contributed by atoms with Crippen LogP contribution in [0.4, 0.5) is 0 Å². The Balaban J connectivity index is 1.49. The molecule has 0 spiro atoms. The van der Waals surface area contributed by atoms with Gasteiger partial charge in [-0.3, -0.25) is 14.4 Å². The fraction of sp³-hybridized carbons (Fsp3) is 0.765. The molecule has 0 N–H and O–H groups in total. The van der Waals surface area contributed by atoms with Gasteiger partial charge in [0, 0.05) is 66.1 Å². The summed E-state index contributed by atoms with van der Waals surface area (Å²) >= 11 is 0. The lowest BCUT2D eigenvalue weighted by Crippen LogP contribution is -2.50. The normalized spacial score (nSPS) is 26.2. The largest absolute Gasteiger partial charge is 0.379 e. The van der Waals surface area contributed by atoms with Crippen LogP contribution in [0.5, 0.6) is 0 Å². The van der Waals surface area contributed by atoms with Gasteiger partial charge in [0.1, 0.15) is 0 Å². The predicted octanol–water partition coefficient (Wildman–Crippen LogP) is 0.504. The van der Waals surface area contributed by atoms with Gasteiger partial charge in [0.25, 0.3) is 0 Å². The molecule has 24 heavy (non-hydrogen) atoms. The van der Waals surface area contributed by atoms with Gasteiger partial charge in [-0.25, -0.2) is 0 Å². The lowest BCUT2D eigenvalue weighted by molar-refractivity contribution is -0.137. The molecule has 0 aromatic carbocycles. The molecule has 2 aliphatic rings.